The van der Waals surface area contributed by atoms with Gasteiger partial charge in [0.25, 0.3) is 0 Å². The molecular weight excluding hydrogens is 290 g/mol. The summed E-state index contributed by atoms with van der Waals surface area (Å²) in [5, 5.41) is 3.48. The number of benzene rings is 1. The highest BCUT2D eigenvalue weighted by Gasteiger charge is 2.20. The average molecular weight is 306 g/mol. The van der Waals surface area contributed by atoms with Gasteiger partial charge in [0.2, 0.25) is 0 Å². The van der Waals surface area contributed by atoms with Crippen molar-refractivity contribution in [3.63, 3.8) is 0 Å². The molecule has 0 atom stereocenters. The van der Waals surface area contributed by atoms with Gasteiger partial charge in [-0.25, -0.2) is 4.98 Å². The summed E-state index contributed by atoms with van der Waals surface area (Å²) in [6.07, 6.45) is 6.67. The molecule has 0 spiro atoms. The first-order valence-electron chi connectivity index (χ1n) is 6.28. The SMILES string of the molecule is Brc1ccc(Cn2cnc(CNC3CC3)c2)cc1. The Morgan fingerprint density at radius 2 is 2.06 bits per heavy atom. The van der Waals surface area contributed by atoms with E-state index in [9.17, 15) is 0 Å². The van der Waals surface area contributed by atoms with E-state index in [0.717, 1.165) is 29.3 Å². The van der Waals surface area contributed by atoms with Gasteiger partial charge in [0, 0.05) is 29.8 Å². The predicted octanol–water partition coefficient (Wildman–Crippen LogP) is 2.95. The first kappa shape index (κ1) is 11.9. The third kappa shape index (κ3) is 3.21. The Morgan fingerprint density at radius 3 is 2.78 bits per heavy atom. The molecule has 1 aliphatic rings. The highest BCUT2D eigenvalue weighted by atomic mass is 79.9. The fourth-order valence-corrected chi connectivity index (χ4v) is 2.19. The standard InChI is InChI=1S/C14H16BrN3/c15-12-3-1-11(2-4-12)8-18-9-14(17-10-18)7-16-13-5-6-13/h1-4,9-10,13,16H,5-8H2. The van der Waals surface area contributed by atoms with Crippen LogP contribution in [0.1, 0.15) is 24.1 Å². The van der Waals surface area contributed by atoms with Crippen molar-refractivity contribution in [1.29, 1.82) is 0 Å². The molecule has 0 aliphatic heterocycles. The second-order valence-corrected chi connectivity index (χ2v) is 5.73. The lowest BCUT2D eigenvalue weighted by Gasteiger charge is -2.02. The Balaban J connectivity index is 1.60. The van der Waals surface area contributed by atoms with Crippen LogP contribution < -0.4 is 5.32 Å². The summed E-state index contributed by atoms with van der Waals surface area (Å²) in [4.78, 5) is 4.42. The predicted molar refractivity (Wildman–Crippen MR) is 75.3 cm³/mol. The normalized spacial score (nSPS) is 14.9. The molecule has 3 rings (SSSR count). The van der Waals surface area contributed by atoms with Crippen LogP contribution in [0.25, 0.3) is 0 Å². The maximum absolute atomic E-state index is 4.42. The van der Waals surface area contributed by atoms with E-state index < -0.39 is 0 Å². The minimum atomic E-state index is 0.738. The third-order valence-corrected chi connectivity index (χ3v) is 3.64. The van der Waals surface area contributed by atoms with Crippen molar-refractivity contribution in [3.8, 4) is 0 Å². The number of hydrogen-bond donors (Lipinski definition) is 1. The zero-order valence-electron chi connectivity index (χ0n) is 10.1. The summed E-state index contributed by atoms with van der Waals surface area (Å²) in [6, 6.07) is 9.14. The number of halogens is 1. The number of nitrogens with zero attached hydrogens (tertiary/aromatic N) is 2. The summed E-state index contributed by atoms with van der Waals surface area (Å²) in [6.45, 7) is 1.77. The van der Waals surface area contributed by atoms with Gasteiger partial charge in [0.15, 0.2) is 0 Å². The molecule has 1 saturated carbocycles. The average Bonchev–Trinajstić information content (AvgIpc) is 3.10. The molecule has 4 heteroatoms. The summed E-state index contributed by atoms with van der Waals surface area (Å²) >= 11 is 3.45. The fourth-order valence-electron chi connectivity index (χ4n) is 1.92. The molecule has 0 amide bonds. The molecular formula is C14H16BrN3. The minimum absolute atomic E-state index is 0.738. The lowest BCUT2D eigenvalue weighted by Crippen LogP contribution is -2.15. The number of rotatable bonds is 5. The maximum Gasteiger partial charge on any atom is 0.0953 e. The Bertz CT molecular complexity index is 514. The molecule has 1 heterocycles. The maximum atomic E-state index is 4.42. The highest BCUT2D eigenvalue weighted by molar-refractivity contribution is 9.10. The van der Waals surface area contributed by atoms with Gasteiger partial charge in [-0.2, -0.15) is 0 Å². The van der Waals surface area contributed by atoms with Gasteiger partial charge in [-0.15, -0.1) is 0 Å². The monoisotopic (exact) mass is 305 g/mol. The second-order valence-electron chi connectivity index (χ2n) is 4.82. The number of hydrogen-bond acceptors (Lipinski definition) is 2. The van der Waals surface area contributed by atoms with Crippen molar-refractivity contribution in [2.75, 3.05) is 0 Å². The largest absolute Gasteiger partial charge is 0.333 e. The molecule has 0 bridgehead atoms. The molecule has 0 radical (unpaired) electrons. The van der Waals surface area contributed by atoms with E-state index in [4.69, 9.17) is 0 Å². The van der Waals surface area contributed by atoms with Crippen LogP contribution >= 0.6 is 15.9 Å². The van der Waals surface area contributed by atoms with E-state index >= 15 is 0 Å². The summed E-state index contributed by atoms with van der Waals surface area (Å²) in [7, 11) is 0. The topological polar surface area (TPSA) is 29.9 Å². The number of imidazole rings is 1. The Labute approximate surface area is 115 Å². The zero-order valence-corrected chi connectivity index (χ0v) is 11.7. The molecule has 1 aliphatic carbocycles. The van der Waals surface area contributed by atoms with E-state index in [2.05, 4.69) is 61.3 Å². The molecule has 18 heavy (non-hydrogen) atoms. The van der Waals surface area contributed by atoms with Crippen LogP contribution in [0.4, 0.5) is 0 Å². The van der Waals surface area contributed by atoms with Crippen molar-refractivity contribution in [3.05, 3.63) is 52.5 Å². The van der Waals surface area contributed by atoms with Crippen molar-refractivity contribution in [2.24, 2.45) is 0 Å². The molecule has 3 nitrogen and oxygen atoms in total. The molecule has 2 aromatic rings. The van der Waals surface area contributed by atoms with Crippen LogP contribution in [0.5, 0.6) is 0 Å². The first-order chi connectivity index (χ1) is 8.79. The minimum Gasteiger partial charge on any atom is -0.333 e. The number of nitrogens with one attached hydrogen (secondary N) is 1. The second kappa shape index (κ2) is 5.24. The van der Waals surface area contributed by atoms with E-state index in [-0.39, 0.29) is 0 Å². The Hall–Kier alpha value is -1.13. The van der Waals surface area contributed by atoms with E-state index in [1.807, 2.05) is 6.33 Å². The Kier molecular flexibility index (Phi) is 3.48. The van der Waals surface area contributed by atoms with Crippen LogP contribution in [0.3, 0.4) is 0 Å². The lowest BCUT2D eigenvalue weighted by molar-refractivity contribution is 0.676. The third-order valence-electron chi connectivity index (χ3n) is 3.11. The molecule has 0 unspecified atom stereocenters. The zero-order chi connectivity index (χ0) is 12.4. The van der Waals surface area contributed by atoms with Crippen LogP contribution in [0.2, 0.25) is 0 Å². The quantitative estimate of drug-likeness (QED) is 0.920. The van der Waals surface area contributed by atoms with Crippen LogP contribution in [-0.2, 0) is 13.1 Å². The van der Waals surface area contributed by atoms with Gasteiger partial charge in [0.1, 0.15) is 0 Å². The van der Waals surface area contributed by atoms with E-state index in [0.29, 0.717) is 0 Å². The van der Waals surface area contributed by atoms with Crippen molar-refractivity contribution >= 4 is 15.9 Å². The molecule has 0 saturated heterocycles. The molecule has 1 fully saturated rings. The summed E-state index contributed by atoms with van der Waals surface area (Å²) < 4.78 is 3.25. The van der Waals surface area contributed by atoms with E-state index in [1.54, 1.807) is 0 Å². The molecule has 1 aromatic carbocycles. The molecule has 94 valence electrons. The summed E-state index contributed by atoms with van der Waals surface area (Å²) in [5.41, 5.74) is 2.41. The number of aromatic nitrogens is 2. The van der Waals surface area contributed by atoms with Crippen LogP contribution in [0, 0.1) is 0 Å². The summed E-state index contributed by atoms with van der Waals surface area (Å²) in [5.74, 6) is 0. The van der Waals surface area contributed by atoms with E-state index in [1.165, 1.54) is 18.4 Å². The smallest absolute Gasteiger partial charge is 0.0953 e. The van der Waals surface area contributed by atoms with Gasteiger partial charge >= 0.3 is 0 Å². The fraction of sp³-hybridized carbons (Fsp3) is 0.357. The van der Waals surface area contributed by atoms with Crippen LogP contribution in [0.15, 0.2) is 41.3 Å². The lowest BCUT2D eigenvalue weighted by atomic mass is 10.2. The van der Waals surface area contributed by atoms with Crippen LogP contribution in [-0.4, -0.2) is 15.6 Å². The van der Waals surface area contributed by atoms with Crippen molar-refractivity contribution in [1.82, 2.24) is 14.9 Å². The van der Waals surface area contributed by atoms with Gasteiger partial charge < -0.3 is 9.88 Å². The first-order valence-corrected chi connectivity index (χ1v) is 7.07. The van der Waals surface area contributed by atoms with Crippen molar-refractivity contribution < 1.29 is 0 Å². The van der Waals surface area contributed by atoms with Gasteiger partial charge in [-0.05, 0) is 30.5 Å². The molecule has 1 N–H and O–H groups in total. The Morgan fingerprint density at radius 1 is 1.28 bits per heavy atom. The van der Waals surface area contributed by atoms with Gasteiger partial charge in [-0.1, -0.05) is 28.1 Å². The van der Waals surface area contributed by atoms with Crippen molar-refractivity contribution in [2.45, 2.75) is 32.0 Å². The van der Waals surface area contributed by atoms with Gasteiger partial charge in [0.05, 0.1) is 12.0 Å². The molecule has 1 aromatic heterocycles. The highest BCUT2D eigenvalue weighted by Crippen LogP contribution is 2.19. The van der Waals surface area contributed by atoms with Gasteiger partial charge in [-0.3, -0.25) is 0 Å².